The van der Waals surface area contributed by atoms with Crippen molar-refractivity contribution >= 4 is 16.8 Å². The Kier molecular flexibility index (Phi) is 5.30. The zero-order chi connectivity index (χ0) is 14.4. The second-order valence-corrected chi connectivity index (χ2v) is 4.98. The lowest BCUT2D eigenvalue weighted by molar-refractivity contribution is -0.118. The Hall–Kier alpha value is -1.68. The van der Waals surface area contributed by atoms with Gasteiger partial charge in [-0.05, 0) is 25.0 Å². The van der Waals surface area contributed by atoms with Crippen molar-refractivity contribution in [3.63, 3.8) is 0 Å². The van der Waals surface area contributed by atoms with E-state index in [2.05, 4.69) is 22.5 Å². The minimum Gasteiger partial charge on any atom is -0.385 e. The van der Waals surface area contributed by atoms with Gasteiger partial charge in [0, 0.05) is 26.7 Å². The number of benzene rings is 1. The van der Waals surface area contributed by atoms with Gasteiger partial charge in [0.2, 0.25) is 0 Å². The summed E-state index contributed by atoms with van der Waals surface area (Å²) in [6.07, 6.45) is 2.79. The summed E-state index contributed by atoms with van der Waals surface area (Å²) < 4.78 is 7.15. The number of methoxy groups -OCH3 is 1. The first-order valence-electron chi connectivity index (χ1n) is 7.21. The molecule has 0 fully saturated rings. The molecule has 1 heterocycles. The van der Waals surface area contributed by atoms with Crippen molar-refractivity contribution in [2.75, 3.05) is 13.7 Å². The van der Waals surface area contributed by atoms with Crippen LogP contribution < -0.4 is 0 Å². The Morgan fingerprint density at radius 2 is 2.15 bits per heavy atom. The van der Waals surface area contributed by atoms with E-state index in [4.69, 9.17) is 4.74 Å². The first kappa shape index (κ1) is 14.7. The number of nitrogens with zero attached hydrogens (tertiary/aromatic N) is 2. The van der Waals surface area contributed by atoms with Gasteiger partial charge in [-0.2, -0.15) is 0 Å². The Morgan fingerprint density at radius 3 is 2.90 bits per heavy atom. The predicted octanol–water partition coefficient (Wildman–Crippen LogP) is 2.98. The Bertz CT molecular complexity index is 575. The molecule has 4 heteroatoms. The third kappa shape index (κ3) is 3.45. The molecule has 0 saturated heterocycles. The van der Waals surface area contributed by atoms with Crippen LogP contribution in [0.2, 0.25) is 0 Å². The highest BCUT2D eigenvalue weighted by Crippen LogP contribution is 2.17. The quantitative estimate of drug-likeness (QED) is 0.695. The monoisotopic (exact) mass is 274 g/mol. The van der Waals surface area contributed by atoms with E-state index in [1.807, 2.05) is 18.2 Å². The molecule has 1 aromatic heterocycles. The number of carbonyl (C=O) groups is 1. The SMILES string of the molecule is CCCn1c(CC(=O)CCCOC)nc2ccccc21. The average molecular weight is 274 g/mol. The maximum absolute atomic E-state index is 12.0. The standard InChI is InChI=1S/C16H22N2O2/c1-3-10-18-15-9-5-4-8-14(15)17-16(18)12-13(19)7-6-11-20-2/h4-5,8-9H,3,6-7,10-12H2,1-2H3. The van der Waals surface area contributed by atoms with E-state index >= 15 is 0 Å². The van der Waals surface area contributed by atoms with Crippen LogP contribution in [0, 0.1) is 0 Å². The molecule has 2 aromatic rings. The maximum atomic E-state index is 12.0. The van der Waals surface area contributed by atoms with E-state index in [1.54, 1.807) is 7.11 Å². The van der Waals surface area contributed by atoms with E-state index in [-0.39, 0.29) is 5.78 Å². The fourth-order valence-electron chi connectivity index (χ4n) is 2.41. The number of carbonyl (C=O) groups excluding carboxylic acids is 1. The minimum atomic E-state index is 0.231. The van der Waals surface area contributed by atoms with E-state index < -0.39 is 0 Å². The number of imidazole rings is 1. The first-order chi connectivity index (χ1) is 9.76. The molecular weight excluding hydrogens is 252 g/mol. The van der Waals surface area contributed by atoms with Crippen molar-refractivity contribution < 1.29 is 9.53 Å². The maximum Gasteiger partial charge on any atom is 0.140 e. The van der Waals surface area contributed by atoms with Crippen LogP contribution in [0.1, 0.15) is 32.0 Å². The lowest BCUT2D eigenvalue weighted by Gasteiger charge is -2.07. The van der Waals surface area contributed by atoms with Crippen LogP contribution in [0.5, 0.6) is 0 Å². The van der Waals surface area contributed by atoms with Gasteiger partial charge in [0.15, 0.2) is 0 Å². The summed E-state index contributed by atoms with van der Waals surface area (Å²) in [7, 11) is 1.66. The highest BCUT2D eigenvalue weighted by molar-refractivity contribution is 5.82. The van der Waals surface area contributed by atoms with E-state index in [9.17, 15) is 4.79 Å². The molecule has 0 N–H and O–H groups in total. The fourth-order valence-corrected chi connectivity index (χ4v) is 2.41. The highest BCUT2D eigenvalue weighted by atomic mass is 16.5. The molecular formula is C16H22N2O2. The molecule has 0 radical (unpaired) electrons. The first-order valence-corrected chi connectivity index (χ1v) is 7.21. The van der Waals surface area contributed by atoms with Crippen LogP contribution in [0.25, 0.3) is 11.0 Å². The second-order valence-electron chi connectivity index (χ2n) is 4.98. The lowest BCUT2D eigenvalue weighted by atomic mass is 10.1. The van der Waals surface area contributed by atoms with Gasteiger partial charge in [0.05, 0.1) is 17.5 Å². The smallest absolute Gasteiger partial charge is 0.140 e. The number of ketones is 1. The van der Waals surface area contributed by atoms with Gasteiger partial charge < -0.3 is 9.30 Å². The third-order valence-electron chi connectivity index (χ3n) is 3.34. The van der Waals surface area contributed by atoms with Gasteiger partial charge in [-0.1, -0.05) is 19.1 Å². The molecule has 0 spiro atoms. The van der Waals surface area contributed by atoms with E-state index in [1.165, 1.54) is 0 Å². The molecule has 2 rings (SSSR count). The lowest BCUT2D eigenvalue weighted by Crippen LogP contribution is -2.10. The summed E-state index contributed by atoms with van der Waals surface area (Å²) in [5.74, 6) is 1.12. The molecule has 0 saturated carbocycles. The summed E-state index contributed by atoms with van der Waals surface area (Å²) in [5.41, 5.74) is 2.09. The normalized spacial score (nSPS) is 11.1. The molecule has 0 aliphatic carbocycles. The van der Waals surface area contributed by atoms with Gasteiger partial charge in [-0.15, -0.1) is 0 Å². The molecule has 0 unspecified atom stereocenters. The zero-order valence-corrected chi connectivity index (χ0v) is 12.3. The zero-order valence-electron chi connectivity index (χ0n) is 12.3. The molecule has 4 nitrogen and oxygen atoms in total. The van der Waals surface area contributed by atoms with Crippen molar-refractivity contribution in [3.05, 3.63) is 30.1 Å². The topological polar surface area (TPSA) is 44.1 Å². The number of aromatic nitrogens is 2. The molecule has 0 aliphatic rings. The Labute approximate surface area is 119 Å². The predicted molar refractivity (Wildman–Crippen MR) is 79.8 cm³/mol. The van der Waals surface area contributed by atoms with Crippen molar-refractivity contribution in [1.82, 2.24) is 9.55 Å². The molecule has 1 aromatic carbocycles. The van der Waals surface area contributed by atoms with Gasteiger partial charge in [-0.25, -0.2) is 4.98 Å². The summed E-state index contributed by atoms with van der Waals surface area (Å²) in [6, 6.07) is 8.06. The number of rotatable bonds is 8. The van der Waals surface area contributed by atoms with Crippen LogP contribution in [-0.4, -0.2) is 29.1 Å². The number of Topliss-reactive ketones (excluding diaryl/α,β-unsaturated/α-hetero) is 1. The highest BCUT2D eigenvalue weighted by Gasteiger charge is 2.13. The van der Waals surface area contributed by atoms with Crippen molar-refractivity contribution in [3.8, 4) is 0 Å². The Morgan fingerprint density at radius 1 is 1.35 bits per heavy atom. The van der Waals surface area contributed by atoms with Gasteiger partial charge in [0.1, 0.15) is 11.6 Å². The number of fused-ring (bicyclic) bond motifs is 1. The van der Waals surface area contributed by atoms with E-state index in [0.717, 1.165) is 36.2 Å². The molecule has 108 valence electrons. The van der Waals surface area contributed by atoms with Crippen LogP contribution >= 0.6 is 0 Å². The number of para-hydroxylation sites is 2. The van der Waals surface area contributed by atoms with E-state index in [0.29, 0.717) is 19.4 Å². The van der Waals surface area contributed by atoms with Crippen molar-refractivity contribution in [2.24, 2.45) is 0 Å². The number of aryl methyl sites for hydroxylation is 1. The van der Waals surface area contributed by atoms with Gasteiger partial charge in [0.25, 0.3) is 0 Å². The van der Waals surface area contributed by atoms with Gasteiger partial charge in [-0.3, -0.25) is 4.79 Å². The summed E-state index contributed by atoms with van der Waals surface area (Å²) in [4.78, 5) is 16.6. The van der Waals surface area contributed by atoms with Crippen molar-refractivity contribution in [1.29, 1.82) is 0 Å². The fraction of sp³-hybridized carbons (Fsp3) is 0.500. The molecule has 0 amide bonds. The summed E-state index contributed by atoms with van der Waals surface area (Å²) in [6.45, 7) is 3.68. The molecule has 0 aliphatic heterocycles. The Balaban J connectivity index is 2.16. The van der Waals surface area contributed by atoms with Gasteiger partial charge >= 0.3 is 0 Å². The molecule has 20 heavy (non-hydrogen) atoms. The van der Waals surface area contributed by atoms with Crippen molar-refractivity contribution in [2.45, 2.75) is 39.2 Å². The molecule has 0 bridgehead atoms. The average Bonchev–Trinajstić information content (AvgIpc) is 2.78. The van der Waals surface area contributed by atoms with Crippen LogP contribution in [0.15, 0.2) is 24.3 Å². The van der Waals surface area contributed by atoms with Crippen LogP contribution in [0.3, 0.4) is 0 Å². The third-order valence-corrected chi connectivity index (χ3v) is 3.34. The largest absolute Gasteiger partial charge is 0.385 e. The summed E-state index contributed by atoms with van der Waals surface area (Å²) in [5, 5.41) is 0. The second kappa shape index (κ2) is 7.20. The number of ether oxygens (including phenoxy) is 1. The minimum absolute atomic E-state index is 0.231. The number of hydrogen-bond acceptors (Lipinski definition) is 3. The number of hydrogen-bond donors (Lipinski definition) is 0. The molecule has 0 atom stereocenters. The van der Waals surface area contributed by atoms with Crippen LogP contribution in [0.4, 0.5) is 0 Å². The summed E-state index contributed by atoms with van der Waals surface area (Å²) >= 11 is 0. The van der Waals surface area contributed by atoms with Crippen LogP contribution in [-0.2, 0) is 22.5 Å².